The van der Waals surface area contributed by atoms with Crippen LogP contribution in [-0.4, -0.2) is 59.1 Å². The fraction of sp³-hybridized carbons (Fsp3) is 0.857. The summed E-state index contributed by atoms with van der Waals surface area (Å²) in [6.07, 6.45) is 0.0818. The molecular formula is C14H27N3O3. The quantitative estimate of drug-likeness (QED) is 0.845. The van der Waals surface area contributed by atoms with Crippen LogP contribution in [0.15, 0.2) is 0 Å². The predicted molar refractivity (Wildman–Crippen MR) is 77.2 cm³/mol. The van der Waals surface area contributed by atoms with Gasteiger partial charge in [-0.15, -0.1) is 0 Å². The van der Waals surface area contributed by atoms with Crippen LogP contribution in [0.1, 0.15) is 41.0 Å². The Morgan fingerprint density at radius 2 is 1.70 bits per heavy atom. The van der Waals surface area contributed by atoms with Gasteiger partial charge in [0, 0.05) is 38.1 Å². The first-order chi connectivity index (χ1) is 9.10. The van der Waals surface area contributed by atoms with E-state index >= 15 is 0 Å². The predicted octanol–water partition coefficient (Wildman–Crippen LogP) is 1.19. The molecule has 20 heavy (non-hydrogen) atoms. The van der Waals surface area contributed by atoms with Gasteiger partial charge >= 0.3 is 6.09 Å². The molecule has 1 aliphatic rings. The summed E-state index contributed by atoms with van der Waals surface area (Å²) in [7, 11) is 0. The first-order valence-corrected chi connectivity index (χ1v) is 7.12. The number of carbonyl (C=O) groups is 2. The van der Waals surface area contributed by atoms with Crippen molar-refractivity contribution in [1.82, 2.24) is 9.80 Å². The van der Waals surface area contributed by atoms with E-state index in [9.17, 15) is 9.59 Å². The molecule has 6 heteroatoms. The molecule has 2 unspecified atom stereocenters. The van der Waals surface area contributed by atoms with Gasteiger partial charge in [0.15, 0.2) is 0 Å². The molecular weight excluding hydrogens is 258 g/mol. The van der Waals surface area contributed by atoms with Crippen molar-refractivity contribution < 1.29 is 14.3 Å². The third-order valence-corrected chi connectivity index (χ3v) is 3.27. The van der Waals surface area contributed by atoms with Gasteiger partial charge in [-0.05, 0) is 34.6 Å². The van der Waals surface area contributed by atoms with Crippen LogP contribution >= 0.6 is 0 Å². The third-order valence-electron chi connectivity index (χ3n) is 3.27. The molecule has 1 heterocycles. The van der Waals surface area contributed by atoms with Crippen LogP contribution in [0.4, 0.5) is 4.79 Å². The molecule has 0 aromatic carbocycles. The Morgan fingerprint density at radius 1 is 1.20 bits per heavy atom. The second-order valence-electron chi connectivity index (χ2n) is 6.56. The van der Waals surface area contributed by atoms with Crippen molar-refractivity contribution >= 4 is 12.0 Å². The highest BCUT2D eigenvalue weighted by atomic mass is 16.6. The zero-order chi connectivity index (χ0) is 15.5. The molecule has 0 radical (unpaired) electrons. The second kappa shape index (κ2) is 6.43. The second-order valence-corrected chi connectivity index (χ2v) is 6.56. The Morgan fingerprint density at radius 3 is 2.10 bits per heavy atom. The summed E-state index contributed by atoms with van der Waals surface area (Å²) in [6, 6.07) is 0.114. The van der Waals surface area contributed by atoms with Crippen molar-refractivity contribution in [2.24, 2.45) is 5.73 Å². The highest BCUT2D eigenvalue weighted by Crippen LogP contribution is 2.19. The van der Waals surface area contributed by atoms with E-state index in [1.807, 2.05) is 34.6 Å². The maximum Gasteiger partial charge on any atom is 0.410 e. The molecule has 1 fully saturated rings. The van der Waals surface area contributed by atoms with E-state index in [4.69, 9.17) is 10.5 Å². The minimum Gasteiger partial charge on any atom is -0.444 e. The van der Waals surface area contributed by atoms with Gasteiger partial charge in [0.2, 0.25) is 5.91 Å². The number of hydrogen-bond donors (Lipinski definition) is 1. The van der Waals surface area contributed by atoms with Gasteiger partial charge in [-0.2, -0.15) is 0 Å². The molecule has 0 saturated carbocycles. The van der Waals surface area contributed by atoms with E-state index in [1.165, 1.54) is 0 Å². The van der Waals surface area contributed by atoms with Crippen LogP contribution in [0, 0.1) is 0 Å². The zero-order valence-electron chi connectivity index (χ0n) is 13.2. The summed E-state index contributed by atoms with van der Waals surface area (Å²) in [5, 5.41) is 0. The number of nitrogens with two attached hydrogens (primary N) is 1. The Balaban J connectivity index is 2.60. The Kier molecular flexibility index (Phi) is 5.39. The minimum atomic E-state index is -0.486. The van der Waals surface area contributed by atoms with Crippen molar-refractivity contribution in [2.45, 2.75) is 58.7 Å². The van der Waals surface area contributed by atoms with Gasteiger partial charge in [-0.1, -0.05) is 0 Å². The van der Waals surface area contributed by atoms with Crippen LogP contribution in [0.3, 0.4) is 0 Å². The van der Waals surface area contributed by atoms with Crippen LogP contribution in [-0.2, 0) is 9.53 Å². The summed E-state index contributed by atoms with van der Waals surface area (Å²) in [6.45, 7) is 11.7. The van der Waals surface area contributed by atoms with Crippen molar-refractivity contribution in [3.63, 3.8) is 0 Å². The molecule has 2 atom stereocenters. The lowest BCUT2D eigenvalue weighted by atomic mass is 10.1. The Bertz CT molecular complexity index is 353. The molecule has 1 aliphatic heterocycles. The maximum atomic E-state index is 12.2. The van der Waals surface area contributed by atoms with Crippen molar-refractivity contribution in [1.29, 1.82) is 0 Å². The Hall–Kier alpha value is -1.30. The highest BCUT2D eigenvalue weighted by molar-refractivity contribution is 5.73. The fourth-order valence-corrected chi connectivity index (χ4v) is 2.56. The minimum absolute atomic E-state index is 0.0569. The molecule has 2 N–H and O–H groups in total. The lowest BCUT2D eigenvalue weighted by molar-refractivity contribution is -0.118. The van der Waals surface area contributed by atoms with Crippen molar-refractivity contribution in [3.8, 4) is 0 Å². The number of carbonyl (C=O) groups excluding carboxylic acids is 2. The molecule has 6 nitrogen and oxygen atoms in total. The van der Waals surface area contributed by atoms with E-state index in [2.05, 4.69) is 4.90 Å². The summed E-state index contributed by atoms with van der Waals surface area (Å²) in [4.78, 5) is 27.0. The molecule has 0 aromatic rings. The normalized spacial score (nSPS) is 24.6. The van der Waals surface area contributed by atoms with E-state index in [0.29, 0.717) is 13.0 Å². The molecule has 0 aromatic heterocycles. The number of primary amides is 1. The molecule has 0 aliphatic carbocycles. The summed E-state index contributed by atoms with van der Waals surface area (Å²) >= 11 is 0. The monoisotopic (exact) mass is 285 g/mol. The van der Waals surface area contributed by atoms with E-state index < -0.39 is 5.60 Å². The zero-order valence-corrected chi connectivity index (χ0v) is 13.2. The number of rotatable bonds is 3. The molecule has 0 bridgehead atoms. The topological polar surface area (TPSA) is 75.9 Å². The lowest BCUT2D eigenvalue weighted by Gasteiger charge is -2.44. The lowest BCUT2D eigenvalue weighted by Crippen LogP contribution is -2.59. The van der Waals surface area contributed by atoms with E-state index in [0.717, 1.165) is 13.1 Å². The van der Waals surface area contributed by atoms with Crippen LogP contribution in [0.5, 0.6) is 0 Å². The number of nitrogens with zero attached hydrogens (tertiary/aromatic N) is 2. The first kappa shape index (κ1) is 16.8. The third kappa shape index (κ3) is 5.00. The van der Waals surface area contributed by atoms with Crippen LogP contribution in [0.25, 0.3) is 0 Å². The highest BCUT2D eigenvalue weighted by Gasteiger charge is 2.35. The number of amides is 2. The number of ether oxygens (including phenoxy) is 1. The summed E-state index contributed by atoms with van der Waals surface area (Å²) in [5.41, 5.74) is 4.69. The number of hydrogen-bond acceptors (Lipinski definition) is 4. The molecule has 2 amide bonds. The molecule has 0 spiro atoms. The van der Waals surface area contributed by atoms with Crippen LogP contribution in [0.2, 0.25) is 0 Å². The Labute approximate surface area is 121 Å². The average molecular weight is 285 g/mol. The van der Waals surface area contributed by atoms with Crippen molar-refractivity contribution in [2.75, 3.05) is 19.6 Å². The van der Waals surface area contributed by atoms with Crippen LogP contribution < -0.4 is 5.73 Å². The van der Waals surface area contributed by atoms with Gasteiger partial charge < -0.3 is 15.4 Å². The maximum absolute atomic E-state index is 12.2. The molecule has 116 valence electrons. The SMILES string of the molecule is CC1CN(CCC(N)=O)CC(C)N1C(=O)OC(C)(C)C. The summed E-state index contributed by atoms with van der Waals surface area (Å²) in [5.74, 6) is -0.292. The summed E-state index contributed by atoms with van der Waals surface area (Å²) < 4.78 is 5.45. The average Bonchev–Trinajstić information content (AvgIpc) is 2.22. The van der Waals surface area contributed by atoms with Gasteiger partial charge in [-0.25, -0.2) is 4.79 Å². The van der Waals surface area contributed by atoms with Gasteiger partial charge in [0.1, 0.15) is 5.60 Å². The van der Waals surface area contributed by atoms with Gasteiger partial charge in [-0.3, -0.25) is 9.69 Å². The smallest absolute Gasteiger partial charge is 0.410 e. The van der Waals surface area contributed by atoms with E-state index in [1.54, 1.807) is 4.90 Å². The first-order valence-electron chi connectivity index (χ1n) is 7.12. The standard InChI is InChI=1S/C14H27N3O3/c1-10-8-16(7-6-12(15)18)9-11(2)17(10)13(19)20-14(3,4)5/h10-11H,6-9H2,1-5H3,(H2,15,18). The largest absolute Gasteiger partial charge is 0.444 e. The van der Waals surface area contributed by atoms with Gasteiger partial charge in [0.05, 0.1) is 0 Å². The van der Waals surface area contributed by atoms with Gasteiger partial charge in [0.25, 0.3) is 0 Å². The van der Waals surface area contributed by atoms with Crippen molar-refractivity contribution in [3.05, 3.63) is 0 Å². The van der Waals surface area contributed by atoms with E-state index in [-0.39, 0.29) is 24.1 Å². The molecule has 1 saturated heterocycles. The number of piperazine rings is 1. The fourth-order valence-electron chi connectivity index (χ4n) is 2.56. The molecule has 1 rings (SSSR count).